The number of anilines is 2. The van der Waals surface area contributed by atoms with Crippen LogP contribution in [0.4, 0.5) is 11.4 Å². The van der Waals surface area contributed by atoms with Gasteiger partial charge in [0.1, 0.15) is 5.75 Å². The van der Waals surface area contributed by atoms with Crippen molar-refractivity contribution < 1.29 is 17.9 Å². The van der Waals surface area contributed by atoms with Crippen molar-refractivity contribution in [3.63, 3.8) is 0 Å². The molecule has 1 heterocycles. The van der Waals surface area contributed by atoms with E-state index in [0.29, 0.717) is 27.6 Å². The Balaban J connectivity index is 1.19. The Morgan fingerprint density at radius 2 is 1.65 bits per heavy atom. The van der Waals surface area contributed by atoms with Crippen LogP contribution in [0.2, 0.25) is 5.02 Å². The lowest BCUT2D eigenvalue weighted by Crippen LogP contribution is -2.48. The molecule has 0 aromatic heterocycles. The van der Waals surface area contributed by atoms with Crippen LogP contribution in [0.3, 0.4) is 0 Å². The molecule has 0 radical (unpaired) electrons. The Morgan fingerprint density at radius 1 is 1.03 bits per heavy atom. The van der Waals surface area contributed by atoms with Gasteiger partial charge in [0.25, 0.3) is 5.91 Å². The van der Waals surface area contributed by atoms with Crippen LogP contribution in [0.5, 0.6) is 5.75 Å². The lowest BCUT2D eigenvalue weighted by molar-refractivity contribution is -0.122. The van der Waals surface area contributed by atoms with Gasteiger partial charge in [0.2, 0.25) is 10.0 Å². The van der Waals surface area contributed by atoms with E-state index in [1.807, 2.05) is 12.1 Å². The summed E-state index contributed by atoms with van der Waals surface area (Å²) in [6, 6.07) is 13.0. The zero-order valence-corrected chi connectivity index (χ0v) is 20.7. The molecule has 4 aliphatic carbocycles. The highest BCUT2D eigenvalue weighted by Gasteiger charge is 2.51. The first-order valence-electron chi connectivity index (χ1n) is 12.0. The summed E-state index contributed by atoms with van der Waals surface area (Å²) < 4.78 is 31.8. The van der Waals surface area contributed by atoms with Gasteiger partial charge >= 0.3 is 0 Å². The number of rotatable bonds is 4. The van der Waals surface area contributed by atoms with E-state index in [1.165, 1.54) is 54.5 Å². The molecule has 0 unspecified atom stereocenters. The first kappa shape index (κ1) is 22.2. The lowest BCUT2D eigenvalue weighted by atomic mass is 9.48. The highest BCUT2D eigenvalue weighted by Crippen LogP contribution is 2.60. The summed E-state index contributed by atoms with van der Waals surface area (Å²) in [5, 5.41) is 3.32. The molecule has 1 aliphatic heterocycles. The number of ether oxygens (including phenoxy) is 1. The fraction of sp³-hybridized carbons (Fsp3) is 0.500. The molecule has 1 atom stereocenters. The van der Waals surface area contributed by atoms with Crippen molar-refractivity contribution in [1.29, 1.82) is 0 Å². The maximum absolute atomic E-state index is 13.0. The van der Waals surface area contributed by atoms with E-state index >= 15 is 0 Å². The van der Waals surface area contributed by atoms with E-state index in [4.69, 9.17) is 16.3 Å². The van der Waals surface area contributed by atoms with E-state index in [-0.39, 0.29) is 12.5 Å². The van der Waals surface area contributed by atoms with Crippen LogP contribution in [0, 0.1) is 17.8 Å². The van der Waals surface area contributed by atoms with Gasteiger partial charge < -0.3 is 10.1 Å². The van der Waals surface area contributed by atoms with Crippen molar-refractivity contribution in [3.8, 4) is 5.75 Å². The molecule has 4 bridgehead atoms. The van der Waals surface area contributed by atoms with Crippen molar-refractivity contribution in [2.45, 2.75) is 50.0 Å². The molecular formula is C26H29ClN2O4S. The van der Waals surface area contributed by atoms with Crippen LogP contribution in [0.1, 0.15) is 44.1 Å². The van der Waals surface area contributed by atoms with Crippen LogP contribution >= 0.6 is 11.6 Å². The predicted molar refractivity (Wildman–Crippen MR) is 133 cm³/mol. The number of fused-ring (bicyclic) bond motifs is 1. The quantitative estimate of drug-likeness (QED) is 0.642. The largest absolute Gasteiger partial charge is 0.476 e. The van der Waals surface area contributed by atoms with E-state index in [9.17, 15) is 13.2 Å². The highest BCUT2D eigenvalue weighted by atomic mass is 35.5. The number of carbonyl (C=O) groups is 1. The summed E-state index contributed by atoms with van der Waals surface area (Å²) in [5.41, 5.74) is 2.74. The molecular weight excluding hydrogens is 472 g/mol. The zero-order chi connectivity index (χ0) is 23.7. The summed E-state index contributed by atoms with van der Waals surface area (Å²) >= 11 is 6.05. The van der Waals surface area contributed by atoms with Gasteiger partial charge in [-0.3, -0.25) is 9.10 Å². The maximum Gasteiger partial charge on any atom is 0.267 e. The second-order valence-electron chi connectivity index (χ2n) is 10.8. The van der Waals surface area contributed by atoms with Crippen LogP contribution in [0.25, 0.3) is 0 Å². The standard InChI is InChI=1S/C26H29ClN2O4S/c1-34(31,32)29-15-24(33-23-7-4-20(27)11-22(23)29)25(30)28-21-5-2-19(3-6-21)26-12-16-8-17(13-26)10-18(9-16)14-26/h2-7,11,16-18,24H,8-10,12-15H2,1H3,(H,28,30)/t16?,17?,18?,24-,26?/m0/s1. The minimum Gasteiger partial charge on any atom is -0.476 e. The molecule has 34 heavy (non-hydrogen) atoms. The number of hydrogen-bond acceptors (Lipinski definition) is 4. The smallest absolute Gasteiger partial charge is 0.267 e. The average molecular weight is 501 g/mol. The SMILES string of the molecule is CS(=O)(=O)N1C[C@@H](C(=O)Nc2ccc(C34CC5CC(CC(C5)C3)C4)cc2)Oc2ccc(Cl)cc21. The summed E-state index contributed by atoms with van der Waals surface area (Å²) in [6.07, 6.45) is 8.27. The topological polar surface area (TPSA) is 75.7 Å². The van der Waals surface area contributed by atoms with Gasteiger partial charge in [0.15, 0.2) is 6.10 Å². The van der Waals surface area contributed by atoms with Crippen LogP contribution in [-0.4, -0.2) is 33.2 Å². The molecule has 4 fully saturated rings. The molecule has 5 aliphatic rings. The third-order valence-corrected chi connectivity index (χ3v) is 9.67. The summed E-state index contributed by atoms with van der Waals surface area (Å²) in [5.74, 6) is 2.58. The molecule has 4 saturated carbocycles. The maximum atomic E-state index is 13.0. The average Bonchev–Trinajstić information content (AvgIpc) is 2.77. The van der Waals surface area contributed by atoms with Crippen molar-refractivity contribution in [3.05, 3.63) is 53.1 Å². The zero-order valence-electron chi connectivity index (χ0n) is 19.2. The fourth-order valence-electron chi connectivity index (χ4n) is 7.27. The minimum atomic E-state index is -3.61. The molecule has 2 aromatic carbocycles. The van der Waals surface area contributed by atoms with Crippen LogP contribution in [0.15, 0.2) is 42.5 Å². The van der Waals surface area contributed by atoms with Crippen molar-refractivity contribution in [1.82, 2.24) is 0 Å². The summed E-state index contributed by atoms with van der Waals surface area (Å²) in [6.45, 7) is -0.108. The van der Waals surface area contributed by atoms with E-state index in [0.717, 1.165) is 24.0 Å². The predicted octanol–water partition coefficient (Wildman–Crippen LogP) is 4.97. The van der Waals surface area contributed by atoms with Gasteiger partial charge in [-0.15, -0.1) is 0 Å². The van der Waals surface area contributed by atoms with Gasteiger partial charge in [0, 0.05) is 10.7 Å². The second kappa shape index (κ2) is 7.89. The summed E-state index contributed by atoms with van der Waals surface area (Å²) in [7, 11) is -3.61. The molecule has 2 aromatic rings. The Morgan fingerprint density at radius 3 is 2.24 bits per heavy atom. The molecule has 8 heteroatoms. The van der Waals surface area contributed by atoms with Crippen molar-refractivity contribution >= 4 is 38.9 Å². The minimum absolute atomic E-state index is 0.108. The molecule has 0 saturated heterocycles. The molecule has 0 spiro atoms. The van der Waals surface area contributed by atoms with Gasteiger partial charge in [0.05, 0.1) is 18.5 Å². The Hall–Kier alpha value is -2.25. The van der Waals surface area contributed by atoms with Gasteiger partial charge in [-0.2, -0.15) is 0 Å². The Bertz CT molecular complexity index is 1210. The van der Waals surface area contributed by atoms with Crippen LogP contribution < -0.4 is 14.4 Å². The van der Waals surface area contributed by atoms with Crippen LogP contribution in [-0.2, 0) is 20.2 Å². The number of sulfonamides is 1. The summed E-state index contributed by atoms with van der Waals surface area (Å²) in [4.78, 5) is 13.0. The fourth-order valence-corrected chi connectivity index (χ4v) is 8.34. The Kier molecular flexibility index (Phi) is 5.16. The number of nitrogens with zero attached hydrogens (tertiary/aromatic N) is 1. The number of hydrogen-bond donors (Lipinski definition) is 1. The molecule has 180 valence electrons. The van der Waals surface area contributed by atoms with Crippen molar-refractivity contribution in [2.24, 2.45) is 17.8 Å². The van der Waals surface area contributed by atoms with Gasteiger partial charge in [-0.1, -0.05) is 23.7 Å². The third-order valence-electron chi connectivity index (χ3n) is 8.29. The van der Waals surface area contributed by atoms with E-state index in [2.05, 4.69) is 17.4 Å². The Labute approximate surface area is 205 Å². The highest BCUT2D eigenvalue weighted by molar-refractivity contribution is 7.92. The lowest BCUT2D eigenvalue weighted by Gasteiger charge is -2.57. The van der Waals surface area contributed by atoms with Crippen molar-refractivity contribution in [2.75, 3.05) is 22.4 Å². The third kappa shape index (κ3) is 3.87. The first-order valence-corrected chi connectivity index (χ1v) is 14.3. The number of amides is 1. The molecule has 1 N–H and O–H groups in total. The second-order valence-corrected chi connectivity index (χ2v) is 13.1. The molecule has 7 rings (SSSR count). The first-order chi connectivity index (χ1) is 16.2. The van der Waals surface area contributed by atoms with Gasteiger partial charge in [-0.25, -0.2) is 8.42 Å². The number of carbonyl (C=O) groups excluding carboxylic acids is 1. The van der Waals surface area contributed by atoms with E-state index < -0.39 is 16.1 Å². The molecule has 6 nitrogen and oxygen atoms in total. The number of benzene rings is 2. The normalized spacial score (nSPS) is 31.6. The monoisotopic (exact) mass is 500 g/mol. The number of halogens is 1. The number of nitrogens with one attached hydrogen (secondary N) is 1. The molecule has 1 amide bonds. The van der Waals surface area contributed by atoms with E-state index in [1.54, 1.807) is 12.1 Å². The van der Waals surface area contributed by atoms with Gasteiger partial charge in [-0.05, 0) is 97.6 Å².